The molecule has 0 saturated carbocycles. The summed E-state index contributed by atoms with van der Waals surface area (Å²) in [5.74, 6) is -5.54. The molecular weight excluding hydrogens is 352 g/mol. The summed E-state index contributed by atoms with van der Waals surface area (Å²) in [5.41, 5.74) is -0.333. The predicted octanol–water partition coefficient (Wildman–Crippen LogP) is 3.61. The molecule has 10 heteroatoms. The first-order valence-electron chi connectivity index (χ1n) is 7.40. The Morgan fingerprint density at radius 1 is 1.04 bits per heavy atom. The molecule has 2 N–H and O–H groups in total. The molecule has 3 aromatic heterocycles. The van der Waals surface area contributed by atoms with Crippen molar-refractivity contribution in [2.45, 2.75) is 5.92 Å². The lowest BCUT2D eigenvalue weighted by atomic mass is 10.1. The SMILES string of the molecule is Fc1ccc(C(F)(F)c2nc(Nc3cc[nH]n3)c3cc(F)cn3n2)cc1. The monoisotopic (exact) mass is 362 g/mol. The van der Waals surface area contributed by atoms with Crippen LogP contribution in [-0.4, -0.2) is 24.8 Å². The van der Waals surface area contributed by atoms with Gasteiger partial charge in [0.1, 0.15) is 17.2 Å². The summed E-state index contributed by atoms with van der Waals surface area (Å²) in [5, 5.41) is 12.9. The number of hydrogen-bond acceptors (Lipinski definition) is 4. The number of aromatic amines is 1. The van der Waals surface area contributed by atoms with E-state index in [2.05, 4.69) is 25.6 Å². The van der Waals surface area contributed by atoms with E-state index in [-0.39, 0.29) is 11.3 Å². The molecule has 0 radical (unpaired) electrons. The highest BCUT2D eigenvalue weighted by molar-refractivity contribution is 5.72. The molecule has 4 aromatic rings. The first kappa shape index (κ1) is 16.1. The lowest BCUT2D eigenvalue weighted by Gasteiger charge is -2.16. The van der Waals surface area contributed by atoms with E-state index in [4.69, 9.17) is 0 Å². The summed E-state index contributed by atoms with van der Waals surface area (Å²) < 4.78 is 57.2. The van der Waals surface area contributed by atoms with E-state index in [0.717, 1.165) is 41.0 Å². The number of rotatable bonds is 4. The maximum Gasteiger partial charge on any atom is 0.333 e. The van der Waals surface area contributed by atoms with Crippen LogP contribution >= 0.6 is 0 Å². The van der Waals surface area contributed by atoms with Gasteiger partial charge in [-0.05, 0) is 24.3 Å². The van der Waals surface area contributed by atoms with Crippen LogP contribution < -0.4 is 5.32 Å². The van der Waals surface area contributed by atoms with Crippen LogP contribution in [0.1, 0.15) is 11.4 Å². The Morgan fingerprint density at radius 3 is 2.50 bits per heavy atom. The Bertz CT molecular complexity index is 1060. The fourth-order valence-corrected chi connectivity index (χ4v) is 2.43. The number of aromatic nitrogens is 5. The minimum atomic E-state index is -3.62. The second-order valence-corrected chi connectivity index (χ2v) is 5.44. The van der Waals surface area contributed by atoms with Gasteiger partial charge in [0.25, 0.3) is 0 Å². The van der Waals surface area contributed by atoms with Crippen LogP contribution in [0.3, 0.4) is 0 Å². The number of anilines is 2. The fourth-order valence-electron chi connectivity index (χ4n) is 2.43. The van der Waals surface area contributed by atoms with E-state index in [1.165, 1.54) is 6.20 Å². The highest BCUT2D eigenvalue weighted by Gasteiger charge is 2.39. The average molecular weight is 362 g/mol. The van der Waals surface area contributed by atoms with E-state index in [0.29, 0.717) is 5.82 Å². The molecule has 0 aliphatic carbocycles. The Morgan fingerprint density at radius 2 is 1.81 bits per heavy atom. The maximum atomic E-state index is 14.8. The molecule has 6 nitrogen and oxygen atoms in total. The molecule has 132 valence electrons. The quantitative estimate of drug-likeness (QED) is 0.544. The molecule has 26 heavy (non-hydrogen) atoms. The van der Waals surface area contributed by atoms with Crippen LogP contribution in [0, 0.1) is 11.6 Å². The summed E-state index contributed by atoms with van der Waals surface area (Å²) in [6, 6.07) is 6.38. The molecule has 0 aliphatic heterocycles. The standard InChI is InChI=1S/C16H10F4N6/c17-10-3-1-9(2-4-10)16(19,20)15-23-14(22-13-5-6-21-24-13)12-7-11(18)8-26(12)25-15/h1-8H,(H2,21,22,23,24,25). The van der Waals surface area contributed by atoms with Gasteiger partial charge in [-0.25, -0.2) is 18.3 Å². The largest absolute Gasteiger partial charge is 0.333 e. The number of hydrogen-bond donors (Lipinski definition) is 2. The summed E-state index contributed by atoms with van der Waals surface area (Å²) in [6.07, 6.45) is 2.48. The van der Waals surface area contributed by atoms with Crippen molar-refractivity contribution in [1.29, 1.82) is 0 Å². The minimum Gasteiger partial charge on any atom is -0.322 e. The van der Waals surface area contributed by atoms with Gasteiger partial charge in [-0.15, -0.1) is 5.10 Å². The van der Waals surface area contributed by atoms with Crippen molar-refractivity contribution in [2.75, 3.05) is 5.32 Å². The summed E-state index contributed by atoms with van der Waals surface area (Å²) in [4.78, 5) is 3.85. The minimum absolute atomic E-state index is 0.0483. The fraction of sp³-hybridized carbons (Fsp3) is 0.0625. The van der Waals surface area contributed by atoms with Crippen LogP contribution in [0.4, 0.5) is 29.2 Å². The summed E-state index contributed by atoms with van der Waals surface area (Å²) in [7, 11) is 0. The molecule has 0 fully saturated rings. The first-order valence-corrected chi connectivity index (χ1v) is 7.40. The maximum absolute atomic E-state index is 14.8. The second kappa shape index (κ2) is 5.83. The van der Waals surface area contributed by atoms with Gasteiger partial charge in [-0.3, -0.25) is 5.10 Å². The molecular formula is C16H10F4N6. The van der Waals surface area contributed by atoms with Crippen LogP contribution in [-0.2, 0) is 5.92 Å². The summed E-state index contributed by atoms with van der Waals surface area (Å²) >= 11 is 0. The number of benzene rings is 1. The second-order valence-electron chi connectivity index (χ2n) is 5.44. The van der Waals surface area contributed by atoms with Gasteiger partial charge in [0.15, 0.2) is 11.6 Å². The average Bonchev–Trinajstić information content (AvgIpc) is 3.23. The smallest absolute Gasteiger partial charge is 0.322 e. The molecule has 1 aromatic carbocycles. The number of fused-ring (bicyclic) bond motifs is 1. The van der Waals surface area contributed by atoms with E-state index in [1.54, 1.807) is 6.07 Å². The summed E-state index contributed by atoms with van der Waals surface area (Å²) in [6.45, 7) is 0. The van der Waals surface area contributed by atoms with Crippen molar-refractivity contribution < 1.29 is 17.6 Å². The molecule has 0 spiro atoms. The Hall–Kier alpha value is -3.43. The van der Waals surface area contributed by atoms with E-state index >= 15 is 0 Å². The van der Waals surface area contributed by atoms with Gasteiger partial charge in [0, 0.05) is 23.9 Å². The zero-order chi connectivity index (χ0) is 18.3. The number of nitrogens with zero attached hydrogens (tertiary/aromatic N) is 4. The molecule has 0 aliphatic rings. The van der Waals surface area contributed by atoms with Crippen molar-refractivity contribution in [3.63, 3.8) is 0 Å². The third-order valence-corrected chi connectivity index (χ3v) is 3.66. The lowest BCUT2D eigenvalue weighted by Crippen LogP contribution is -2.21. The van der Waals surface area contributed by atoms with Crippen molar-refractivity contribution in [3.05, 3.63) is 71.8 Å². The molecule has 3 heterocycles. The number of nitrogens with one attached hydrogen (secondary N) is 2. The van der Waals surface area contributed by atoms with Crippen LogP contribution in [0.15, 0.2) is 48.8 Å². The Kier molecular flexibility index (Phi) is 3.60. The third kappa shape index (κ3) is 2.75. The van der Waals surface area contributed by atoms with E-state index < -0.39 is 28.9 Å². The molecule has 0 saturated heterocycles. The van der Waals surface area contributed by atoms with Gasteiger partial charge >= 0.3 is 5.92 Å². The van der Waals surface area contributed by atoms with Crippen LogP contribution in [0.5, 0.6) is 0 Å². The van der Waals surface area contributed by atoms with Gasteiger partial charge in [0.05, 0.1) is 6.20 Å². The normalized spacial score (nSPS) is 11.8. The number of H-pyrrole nitrogens is 1. The first-order chi connectivity index (χ1) is 12.4. The van der Waals surface area contributed by atoms with Crippen molar-refractivity contribution in [3.8, 4) is 0 Å². The van der Waals surface area contributed by atoms with Gasteiger partial charge in [-0.2, -0.15) is 13.9 Å². The third-order valence-electron chi connectivity index (χ3n) is 3.66. The van der Waals surface area contributed by atoms with Gasteiger partial charge < -0.3 is 5.32 Å². The number of halogens is 4. The van der Waals surface area contributed by atoms with Crippen molar-refractivity contribution >= 4 is 17.2 Å². The molecule has 0 atom stereocenters. The zero-order valence-corrected chi connectivity index (χ0v) is 12.9. The van der Waals surface area contributed by atoms with Crippen molar-refractivity contribution in [2.24, 2.45) is 0 Å². The molecule has 4 rings (SSSR count). The molecule has 0 unspecified atom stereocenters. The molecule has 0 bridgehead atoms. The van der Waals surface area contributed by atoms with Crippen LogP contribution in [0.25, 0.3) is 5.52 Å². The van der Waals surface area contributed by atoms with Gasteiger partial charge in [0.2, 0.25) is 5.82 Å². The predicted molar refractivity (Wildman–Crippen MR) is 84.2 cm³/mol. The topological polar surface area (TPSA) is 70.9 Å². The number of alkyl halides is 2. The Balaban J connectivity index is 1.85. The highest BCUT2D eigenvalue weighted by Crippen LogP contribution is 2.34. The van der Waals surface area contributed by atoms with E-state index in [9.17, 15) is 17.6 Å². The Labute approximate surface area is 143 Å². The van der Waals surface area contributed by atoms with Crippen molar-refractivity contribution in [1.82, 2.24) is 24.8 Å². The highest BCUT2D eigenvalue weighted by atomic mass is 19.3. The lowest BCUT2D eigenvalue weighted by molar-refractivity contribution is 0.0315. The van der Waals surface area contributed by atoms with Crippen LogP contribution in [0.2, 0.25) is 0 Å². The zero-order valence-electron chi connectivity index (χ0n) is 12.9. The van der Waals surface area contributed by atoms with E-state index in [1.807, 2.05) is 0 Å². The molecule has 0 amide bonds. The van der Waals surface area contributed by atoms with Gasteiger partial charge in [-0.1, -0.05) is 0 Å².